The first-order valence-corrected chi connectivity index (χ1v) is 3.32. The van der Waals surface area contributed by atoms with E-state index >= 15 is 0 Å². The van der Waals surface area contributed by atoms with Crippen LogP contribution in [0.25, 0.3) is 0 Å². The number of aliphatic carboxylic acids is 1. The standard InChI is InChI=1S/C4H11N.C4H6O2/c1-4(2,3)5;1-3(2)4(5)6/h5H2,1-3H3;1H2,2H3,(H,5,6). The van der Waals surface area contributed by atoms with Crippen molar-refractivity contribution in [1.82, 2.24) is 0 Å². The smallest absolute Gasteiger partial charge is 0.330 e. The first kappa shape index (κ1) is 12.8. The van der Waals surface area contributed by atoms with E-state index in [1.165, 1.54) is 6.92 Å². The third-order valence-electron chi connectivity index (χ3n) is 0.365. The van der Waals surface area contributed by atoms with E-state index in [-0.39, 0.29) is 11.1 Å². The molecule has 0 spiro atoms. The van der Waals surface area contributed by atoms with Gasteiger partial charge in [0.25, 0.3) is 0 Å². The predicted molar refractivity (Wildman–Crippen MR) is 46.4 cm³/mol. The molecule has 0 aliphatic rings. The monoisotopic (exact) mass is 159 g/mol. The number of hydrogen-bond donors (Lipinski definition) is 2. The number of nitrogens with two attached hydrogens (primary N) is 1. The summed E-state index contributed by atoms with van der Waals surface area (Å²) in [6.45, 7) is 10.5. The molecule has 3 heteroatoms. The van der Waals surface area contributed by atoms with E-state index in [1.807, 2.05) is 20.8 Å². The van der Waals surface area contributed by atoms with Gasteiger partial charge in [-0.15, -0.1) is 0 Å². The average Bonchev–Trinajstić information content (AvgIpc) is 1.59. The van der Waals surface area contributed by atoms with Crippen LogP contribution in [0.2, 0.25) is 0 Å². The second kappa shape index (κ2) is 4.91. The zero-order chi connectivity index (χ0) is 9.65. The molecule has 0 bridgehead atoms. The van der Waals surface area contributed by atoms with Crippen LogP contribution in [0, 0.1) is 0 Å². The van der Waals surface area contributed by atoms with Crippen LogP contribution >= 0.6 is 0 Å². The van der Waals surface area contributed by atoms with Gasteiger partial charge in [0.15, 0.2) is 0 Å². The van der Waals surface area contributed by atoms with Crippen molar-refractivity contribution in [2.45, 2.75) is 33.2 Å². The quantitative estimate of drug-likeness (QED) is 0.568. The van der Waals surface area contributed by atoms with E-state index < -0.39 is 5.97 Å². The van der Waals surface area contributed by atoms with Gasteiger partial charge in [-0.3, -0.25) is 0 Å². The molecule has 0 amide bonds. The lowest BCUT2D eigenvalue weighted by Crippen LogP contribution is -2.26. The normalized spacial score (nSPS) is 9.55. The zero-order valence-electron chi connectivity index (χ0n) is 7.64. The fourth-order valence-corrected chi connectivity index (χ4v) is 0. The molecule has 11 heavy (non-hydrogen) atoms. The molecule has 0 aromatic rings. The number of carboxylic acids is 1. The summed E-state index contributed by atoms with van der Waals surface area (Å²) in [5.41, 5.74) is 5.53. The van der Waals surface area contributed by atoms with Crippen LogP contribution < -0.4 is 5.73 Å². The molecule has 66 valence electrons. The van der Waals surface area contributed by atoms with Crippen molar-refractivity contribution in [3.05, 3.63) is 12.2 Å². The molecule has 0 aliphatic heterocycles. The van der Waals surface area contributed by atoms with Crippen molar-refractivity contribution in [2.75, 3.05) is 0 Å². The molecular formula is C8H17NO2. The van der Waals surface area contributed by atoms with Gasteiger partial charge in [0.05, 0.1) is 0 Å². The Morgan fingerprint density at radius 1 is 1.45 bits per heavy atom. The molecule has 0 radical (unpaired) electrons. The third kappa shape index (κ3) is 46.9. The molecule has 0 saturated carbocycles. The van der Waals surface area contributed by atoms with Crippen LogP contribution in [0.15, 0.2) is 12.2 Å². The molecule has 0 unspecified atom stereocenters. The van der Waals surface area contributed by atoms with Crippen molar-refractivity contribution in [3.63, 3.8) is 0 Å². The van der Waals surface area contributed by atoms with E-state index in [0.29, 0.717) is 0 Å². The largest absolute Gasteiger partial charge is 0.478 e. The Morgan fingerprint density at radius 2 is 1.55 bits per heavy atom. The summed E-state index contributed by atoms with van der Waals surface area (Å²) in [6.07, 6.45) is 0. The van der Waals surface area contributed by atoms with Gasteiger partial charge in [0.2, 0.25) is 0 Å². The summed E-state index contributed by atoms with van der Waals surface area (Å²) in [5.74, 6) is -0.935. The van der Waals surface area contributed by atoms with Gasteiger partial charge in [0, 0.05) is 11.1 Å². The Bertz CT molecular complexity index is 127. The molecule has 0 aromatic carbocycles. The van der Waals surface area contributed by atoms with Crippen LogP contribution in [0.4, 0.5) is 0 Å². The van der Waals surface area contributed by atoms with E-state index in [0.717, 1.165) is 0 Å². The van der Waals surface area contributed by atoms with Gasteiger partial charge < -0.3 is 10.8 Å². The highest BCUT2D eigenvalue weighted by Gasteiger charge is 1.95. The molecule has 3 nitrogen and oxygen atoms in total. The number of carboxylic acid groups (broad SMARTS) is 1. The first-order valence-electron chi connectivity index (χ1n) is 3.32. The lowest BCUT2D eigenvalue weighted by Gasteiger charge is -2.06. The van der Waals surface area contributed by atoms with E-state index in [9.17, 15) is 4.79 Å². The summed E-state index contributed by atoms with van der Waals surface area (Å²) in [7, 11) is 0. The summed E-state index contributed by atoms with van der Waals surface area (Å²) >= 11 is 0. The molecule has 0 aromatic heterocycles. The van der Waals surface area contributed by atoms with Gasteiger partial charge in [-0.05, 0) is 27.7 Å². The van der Waals surface area contributed by atoms with Crippen LogP contribution in [-0.4, -0.2) is 16.6 Å². The summed E-state index contributed by atoms with van der Waals surface area (Å²) in [4.78, 5) is 9.60. The lowest BCUT2D eigenvalue weighted by atomic mass is 10.1. The van der Waals surface area contributed by atoms with Crippen LogP contribution in [0.5, 0.6) is 0 Å². The highest BCUT2D eigenvalue weighted by Crippen LogP contribution is 1.88. The van der Waals surface area contributed by atoms with Crippen molar-refractivity contribution < 1.29 is 9.90 Å². The minimum absolute atomic E-state index is 0. The molecular weight excluding hydrogens is 142 g/mol. The van der Waals surface area contributed by atoms with Gasteiger partial charge in [-0.2, -0.15) is 0 Å². The van der Waals surface area contributed by atoms with Gasteiger partial charge in [0.1, 0.15) is 0 Å². The Hall–Kier alpha value is -0.830. The van der Waals surface area contributed by atoms with Gasteiger partial charge in [-0.25, -0.2) is 4.79 Å². The highest BCUT2D eigenvalue weighted by molar-refractivity contribution is 5.84. The van der Waals surface area contributed by atoms with Crippen LogP contribution in [0.1, 0.15) is 27.7 Å². The Labute approximate surface area is 67.9 Å². The summed E-state index contributed by atoms with van der Waals surface area (Å²) in [6, 6.07) is 0. The van der Waals surface area contributed by atoms with Crippen molar-refractivity contribution in [3.8, 4) is 0 Å². The van der Waals surface area contributed by atoms with E-state index in [1.54, 1.807) is 0 Å². The number of hydrogen-bond acceptors (Lipinski definition) is 2. The maximum atomic E-state index is 9.60. The fraction of sp³-hybridized carbons (Fsp3) is 0.625. The minimum Gasteiger partial charge on any atom is -0.478 e. The summed E-state index contributed by atoms with van der Waals surface area (Å²) in [5, 5.41) is 7.89. The second-order valence-electron chi connectivity index (χ2n) is 3.45. The molecule has 0 heterocycles. The van der Waals surface area contributed by atoms with E-state index in [2.05, 4.69) is 6.58 Å². The lowest BCUT2D eigenvalue weighted by molar-refractivity contribution is -0.132. The second-order valence-corrected chi connectivity index (χ2v) is 3.45. The van der Waals surface area contributed by atoms with Crippen LogP contribution in [0.3, 0.4) is 0 Å². The zero-order valence-corrected chi connectivity index (χ0v) is 7.64. The SMILES string of the molecule is C=C(C)C(=O)O.CC(C)(C)N. The topological polar surface area (TPSA) is 63.3 Å². The molecule has 0 atom stereocenters. The summed E-state index contributed by atoms with van der Waals surface area (Å²) < 4.78 is 0. The molecule has 3 N–H and O–H groups in total. The van der Waals surface area contributed by atoms with Gasteiger partial charge in [-0.1, -0.05) is 6.58 Å². The Balaban J connectivity index is 0. The first-order chi connectivity index (χ1) is 4.64. The number of rotatable bonds is 1. The molecule has 0 aliphatic carbocycles. The molecule has 0 fully saturated rings. The maximum absolute atomic E-state index is 9.60. The molecule has 0 saturated heterocycles. The fourth-order valence-electron chi connectivity index (χ4n) is 0. The van der Waals surface area contributed by atoms with Gasteiger partial charge >= 0.3 is 5.97 Å². The minimum atomic E-state index is -0.935. The maximum Gasteiger partial charge on any atom is 0.330 e. The highest BCUT2D eigenvalue weighted by atomic mass is 16.4. The van der Waals surface area contributed by atoms with Crippen molar-refractivity contribution in [1.29, 1.82) is 0 Å². The van der Waals surface area contributed by atoms with Crippen molar-refractivity contribution in [2.24, 2.45) is 5.73 Å². The van der Waals surface area contributed by atoms with Crippen LogP contribution in [-0.2, 0) is 4.79 Å². The number of carbonyl (C=O) groups is 1. The Kier molecular flexibility index (Phi) is 5.71. The molecule has 0 rings (SSSR count). The third-order valence-corrected chi connectivity index (χ3v) is 0.365. The van der Waals surface area contributed by atoms with Crippen molar-refractivity contribution >= 4 is 5.97 Å². The Morgan fingerprint density at radius 3 is 1.55 bits per heavy atom. The predicted octanol–water partition coefficient (Wildman–Crippen LogP) is 1.39. The van der Waals surface area contributed by atoms with E-state index in [4.69, 9.17) is 10.8 Å². The average molecular weight is 159 g/mol.